The first-order valence-corrected chi connectivity index (χ1v) is 10.7. The van der Waals surface area contributed by atoms with Crippen LogP contribution in [0.2, 0.25) is 0 Å². The molecule has 0 fully saturated rings. The Hall–Kier alpha value is -2.68. The Morgan fingerprint density at radius 3 is 2.56 bits per heavy atom. The van der Waals surface area contributed by atoms with E-state index in [1.165, 1.54) is 50.5 Å². The van der Waals surface area contributed by atoms with Crippen LogP contribution < -0.4 is 11.1 Å². The molecule has 0 saturated carbocycles. The number of aryl methyl sites for hydroxylation is 1. The van der Waals surface area contributed by atoms with Gasteiger partial charge in [0.1, 0.15) is 11.4 Å². The van der Waals surface area contributed by atoms with Crippen molar-refractivity contribution < 1.29 is 23.8 Å². The Morgan fingerprint density at radius 1 is 1.34 bits per heavy atom. The lowest BCUT2D eigenvalue weighted by molar-refractivity contribution is -0.115. The maximum absolute atomic E-state index is 14.0. The van der Waals surface area contributed by atoms with Gasteiger partial charge in [-0.25, -0.2) is 4.39 Å². The number of halogens is 4. The van der Waals surface area contributed by atoms with Crippen molar-refractivity contribution in [1.29, 1.82) is 0 Å². The van der Waals surface area contributed by atoms with Gasteiger partial charge < -0.3 is 11.1 Å². The first kappa shape index (κ1) is 25.6. The van der Waals surface area contributed by atoms with Crippen LogP contribution in [0.15, 0.2) is 52.7 Å². The minimum atomic E-state index is -4.40. The Kier molecular flexibility index (Phi) is 7.88. The summed E-state index contributed by atoms with van der Waals surface area (Å²) in [7, 11) is 1.40. The van der Waals surface area contributed by atoms with Crippen molar-refractivity contribution in [2.24, 2.45) is 10.7 Å². The number of hydrogen-bond acceptors (Lipinski definition) is 4. The van der Waals surface area contributed by atoms with Crippen molar-refractivity contribution in [1.82, 2.24) is 5.32 Å². The fraction of sp³-hybridized carbons (Fsp3) is 0.391. The van der Waals surface area contributed by atoms with E-state index >= 15 is 0 Å². The quantitative estimate of drug-likeness (QED) is 0.396. The average molecular weight is 472 g/mol. The lowest BCUT2D eigenvalue weighted by Crippen LogP contribution is -2.33. The zero-order valence-electron chi connectivity index (χ0n) is 18.6. The van der Waals surface area contributed by atoms with Crippen molar-refractivity contribution in [3.05, 3.63) is 63.0 Å². The number of amides is 1. The molecule has 9 heteroatoms. The molecule has 0 aromatic carbocycles. The van der Waals surface area contributed by atoms with E-state index in [1.54, 1.807) is 19.1 Å². The summed E-state index contributed by atoms with van der Waals surface area (Å²) in [6.07, 6.45) is 2.52. The first-order chi connectivity index (χ1) is 14.7. The lowest BCUT2D eigenvalue weighted by atomic mass is 10.1. The van der Waals surface area contributed by atoms with Crippen LogP contribution in [-0.4, -0.2) is 30.5 Å². The maximum atomic E-state index is 14.0. The second kappa shape index (κ2) is 9.85. The van der Waals surface area contributed by atoms with Gasteiger partial charge in [-0.2, -0.15) is 13.2 Å². The third-order valence-electron chi connectivity index (χ3n) is 4.87. The van der Waals surface area contributed by atoms with E-state index in [-0.39, 0.29) is 19.3 Å². The number of aliphatic imine (C=N–C) groups is 1. The van der Waals surface area contributed by atoms with Crippen molar-refractivity contribution in [3.8, 4) is 0 Å². The minimum absolute atomic E-state index is 0. The van der Waals surface area contributed by atoms with E-state index in [0.29, 0.717) is 10.5 Å². The van der Waals surface area contributed by atoms with E-state index in [0.717, 1.165) is 10.4 Å². The fourth-order valence-electron chi connectivity index (χ4n) is 2.90. The Morgan fingerprint density at radius 2 is 2.00 bits per heavy atom. The molecule has 1 aliphatic rings. The van der Waals surface area contributed by atoms with Gasteiger partial charge in [0.15, 0.2) is 0 Å². The lowest BCUT2D eigenvalue weighted by Gasteiger charge is -2.16. The zero-order chi connectivity index (χ0) is 24.3. The van der Waals surface area contributed by atoms with Crippen LogP contribution in [0.1, 0.15) is 50.0 Å². The van der Waals surface area contributed by atoms with Crippen molar-refractivity contribution in [2.75, 3.05) is 7.05 Å². The van der Waals surface area contributed by atoms with Crippen LogP contribution >= 0.6 is 11.3 Å². The number of hydrogen-bond donors (Lipinski definition) is 2. The second-order valence-electron chi connectivity index (χ2n) is 7.96. The molecule has 0 aliphatic heterocycles. The van der Waals surface area contributed by atoms with E-state index in [1.807, 2.05) is 13.0 Å². The summed E-state index contributed by atoms with van der Waals surface area (Å²) >= 11 is 1.31. The number of allylic oxidation sites excluding steroid dienone is 7. The molecule has 1 heterocycles. The summed E-state index contributed by atoms with van der Waals surface area (Å²) in [6, 6.07) is 1.39. The normalized spacial score (nSPS) is 16.9. The topological polar surface area (TPSA) is 67.5 Å². The van der Waals surface area contributed by atoms with E-state index in [4.69, 9.17) is 5.73 Å². The van der Waals surface area contributed by atoms with E-state index < -0.39 is 29.4 Å². The highest BCUT2D eigenvalue weighted by Gasteiger charge is 2.33. The van der Waals surface area contributed by atoms with Gasteiger partial charge in [0.2, 0.25) is 0 Å². The summed E-state index contributed by atoms with van der Waals surface area (Å²) < 4.78 is 53.7. The minimum Gasteiger partial charge on any atom is -0.399 e. The van der Waals surface area contributed by atoms with Gasteiger partial charge in [-0.1, -0.05) is 18.2 Å². The summed E-state index contributed by atoms with van der Waals surface area (Å²) in [6.45, 7) is 6.12. The van der Waals surface area contributed by atoms with Gasteiger partial charge in [-0.05, 0) is 63.5 Å². The summed E-state index contributed by atoms with van der Waals surface area (Å²) in [5, 5.41) is 2.78. The molecule has 176 valence electrons. The fourth-order valence-corrected chi connectivity index (χ4v) is 4.07. The number of carbonyl (C=O) groups excluding carboxylic acids is 1. The number of nitrogens with one attached hydrogen (secondary N) is 1. The molecule has 4 nitrogen and oxygen atoms in total. The van der Waals surface area contributed by atoms with Crippen LogP contribution in [0, 0.1) is 6.92 Å². The molecule has 1 amide bonds. The number of carbonyl (C=O) groups is 1. The Labute approximate surface area is 190 Å². The number of thiophene rings is 1. The van der Waals surface area contributed by atoms with Crippen molar-refractivity contribution >= 4 is 28.5 Å². The van der Waals surface area contributed by atoms with Gasteiger partial charge in [-0.3, -0.25) is 9.79 Å². The highest BCUT2D eigenvalue weighted by atomic mass is 32.1. The van der Waals surface area contributed by atoms with E-state index in [9.17, 15) is 22.4 Å². The highest BCUT2D eigenvalue weighted by Crippen LogP contribution is 2.37. The van der Waals surface area contributed by atoms with E-state index in [2.05, 4.69) is 10.3 Å². The summed E-state index contributed by atoms with van der Waals surface area (Å²) in [5.74, 6) is -0.532. The number of nitrogens with zero attached hydrogens (tertiary/aromatic N) is 1. The smallest absolute Gasteiger partial charge is 0.399 e. The molecule has 1 unspecified atom stereocenters. The molecule has 0 radical (unpaired) electrons. The van der Waals surface area contributed by atoms with Crippen molar-refractivity contribution in [2.45, 2.75) is 52.0 Å². The van der Waals surface area contributed by atoms with Crippen LogP contribution in [0.25, 0.3) is 5.57 Å². The van der Waals surface area contributed by atoms with Crippen LogP contribution in [0.5, 0.6) is 0 Å². The van der Waals surface area contributed by atoms with Crippen LogP contribution in [-0.2, 0) is 4.79 Å². The van der Waals surface area contributed by atoms with Crippen LogP contribution in [0.3, 0.4) is 0 Å². The van der Waals surface area contributed by atoms with Gasteiger partial charge >= 0.3 is 6.18 Å². The summed E-state index contributed by atoms with van der Waals surface area (Å²) in [4.78, 5) is 17.9. The molecule has 1 aromatic rings. The molecule has 0 bridgehead atoms. The van der Waals surface area contributed by atoms with Gasteiger partial charge in [0.25, 0.3) is 5.91 Å². The second-order valence-corrected chi connectivity index (χ2v) is 9.04. The summed E-state index contributed by atoms with van der Waals surface area (Å²) in [5.41, 5.74) is 4.40. The van der Waals surface area contributed by atoms with Crippen LogP contribution in [0.4, 0.5) is 17.6 Å². The largest absolute Gasteiger partial charge is 0.413 e. The molecule has 1 aliphatic carbocycles. The van der Waals surface area contributed by atoms with Gasteiger partial charge in [-0.15, -0.1) is 11.3 Å². The molecule has 32 heavy (non-hydrogen) atoms. The SMILES string of the molecule is CN=C(/C=C(\N)C(C)(C)F)C(=O)NC(C)c1cc(C)c(C2=CC=CCC(C(F)(F)F)=C2)s1.[HH]. The standard InChI is InChI=1S/C23H27F4N3OS.H2/c1-13-10-18(14(2)30-21(31)17(29-5)12-19(28)22(3,4)24)32-20(13)15-8-6-7-9-16(11-15)23(25,26)27;/h6-8,10-12,14H,9,28H2,1-5H3,(H,30,31);1H/b19-12-,29-17?;. The Bertz CT molecular complexity index is 1030. The molecule has 2 rings (SSSR count). The zero-order valence-corrected chi connectivity index (χ0v) is 19.4. The maximum Gasteiger partial charge on any atom is 0.413 e. The first-order valence-electron chi connectivity index (χ1n) is 9.93. The number of alkyl halides is 4. The number of nitrogens with two attached hydrogens (primary N) is 1. The molecule has 1 aromatic heterocycles. The van der Waals surface area contributed by atoms with Gasteiger partial charge in [0.05, 0.1) is 6.04 Å². The molecule has 0 saturated heterocycles. The third-order valence-corrected chi connectivity index (χ3v) is 6.34. The Balaban J connectivity index is 0.00000544. The molecular weight excluding hydrogens is 442 g/mol. The molecule has 0 spiro atoms. The average Bonchev–Trinajstić information content (AvgIpc) is 2.89. The van der Waals surface area contributed by atoms with Crippen molar-refractivity contribution in [3.63, 3.8) is 0 Å². The third kappa shape index (κ3) is 6.41. The van der Waals surface area contributed by atoms with Gasteiger partial charge in [0, 0.05) is 29.5 Å². The highest BCUT2D eigenvalue weighted by molar-refractivity contribution is 7.13. The monoisotopic (exact) mass is 471 g/mol. The number of rotatable bonds is 6. The molecular formula is C23H29F4N3OS. The molecule has 1 atom stereocenters. The predicted octanol–water partition coefficient (Wildman–Crippen LogP) is 5.97. The predicted molar refractivity (Wildman–Crippen MR) is 124 cm³/mol. The molecule has 3 N–H and O–H groups in total.